The summed E-state index contributed by atoms with van der Waals surface area (Å²) in [5.41, 5.74) is 9.03. The van der Waals surface area contributed by atoms with Crippen LogP contribution in [0.15, 0.2) is 16.7 Å². The molecule has 3 heterocycles. The van der Waals surface area contributed by atoms with Crippen LogP contribution in [0.4, 0.5) is 9.93 Å². The van der Waals surface area contributed by atoms with Crippen molar-refractivity contribution in [1.29, 1.82) is 0 Å². The van der Waals surface area contributed by atoms with E-state index in [1.807, 2.05) is 0 Å². The molecule has 2 aliphatic rings. The molecule has 20 nitrogen and oxygen atoms in total. The number of oxime groups is 1. The molecule has 0 aromatic carbocycles. The van der Waals surface area contributed by atoms with E-state index < -0.39 is 64.1 Å². The van der Waals surface area contributed by atoms with Gasteiger partial charge in [-0.05, 0) is 0 Å². The predicted molar refractivity (Wildman–Crippen MR) is 137 cm³/mol. The van der Waals surface area contributed by atoms with E-state index in [9.17, 15) is 37.3 Å². The summed E-state index contributed by atoms with van der Waals surface area (Å²) in [7, 11) is -5.04. The zero-order chi connectivity index (χ0) is 29.9. The molecule has 41 heavy (non-hydrogen) atoms. The van der Waals surface area contributed by atoms with Crippen LogP contribution in [0, 0.1) is 0 Å². The number of β-lactam (4-membered cyclic amide) rings is 1. The lowest BCUT2D eigenvalue weighted by atomic mass is 9.98. The Balaban J connectivity index is 1.50. The highest BCUT2D eigenvalue weighted by atomic mass is 32.2. The normalized spacial score (nSPS) is 19.7. The number of nitrogens with one attached hydrogen (secondary N) is 3. The fraction of sp³-hybridized carbons (Fsp3) is 0.474. The number of carboxylic acid groups (broad SMARTS) is 1. The molecule has 4 amide bonds. The van der Waals surface area contributed by atoms with Gasteiger partial charge in [0.2, 0.25) is 5.60 Å². The van der Waals surface area contributed by atoms with Crippen LogP contribution in [-0.2, 0) is 42.6 Å². The molecule has 0 spiro atoms. The number of rotatable bonds is 13. The van der Waals surface area contributed by atoms with E-state index in [-0.39, 0.29) is 53.3 Å². The van der Waals surface area contributed by atoms with Crippen LogP contribution in [0.5, 0.6) is 0 Å². The van der Waals surface area contributed by atoms with Crippen molar-refractivity contribution in [3.8, 4) is 0 Å². The van der Waals surface area contributed by atoms with E-state index in [2.05, 4.69) is 36.3 Å². The molecule has 2 atom stereocenters. The number of nitrogens with two attached hydrogens (primary N) is 2. The minimum absolute atomic E-state index is 0.0450. The number of carboxylic acids is 1. The van der Waals surface area contributed by atoms with Crippen LogP contribution >= 0.6 is 11.3 Å². The Labute approximate surface area is 234 Å². The lowest BCUT2D eigenvalue weighted by molar-refractivity contribution is -0.153. The van der Waals surface area contributed by atoms with Gasteiger partial charge in [0.25, 0.3) is 11.8 Å². The van der Waals surface area contributed by atoms with Crippen molar-refractivity contribution in [2.45, 2.75) is 43.6 Å². The first-order valence-electron chi connectivity index (χ1n) is 11.8. The number of aromatic nitrogens is 4. The summed E-state index contributed by atoms with van der Waals surface area (Å²) in [5, 5.41) is 29.8. The van der Waals surface area contributed by atoms with Gasteiger partial charge in [0, 0.05) is 31.3 Å². The molecule has 22 heteroatoms. The van der Waals surface area contributed by atoms with E-state index in [0.29, 0.717) is 0 Å². The van der Waals surface area contributed by atoms with E-state index in [4.69, 9.17) is 16.3 Å². The van der Waals surface area contributed by atoms with Crippen molar-refractivity contribution in [1.82, 2.24) is 40.2 Å². The van der Waals surface area contributed by atoms with Crippen LogP contribution in [-0.4, -0.2) is 103 Å². The maximum Gasteiger partial charge on any atom is 0.362 e. The quantitative estimate of drug-likeness (QED) is 0.0500. The van der Waals surface area contributed by atoms with Gasteiger partial charge in [-0.1, -0.05) is 5.16 Å². The summed E-state index contributed by atoms with van der Waals surface area (Å²) < 4.78 is 33.5. The third-order valence-electron chi connectivity index (χ3n) is 5.88. The van der Waals surface area contributed by atoms with Gasteiger partial charge in [-0.2, -0.15) is 23.4 Å². The number of amides is 4. The Bertz CT molecular complexity index is 1480. The van der Waals surface area contributed by atoms with Crippen LogP contribution in [0.25, 0.3) is 0 Å². The van der Waals surface area contributed by atoms with Crippen molar-refractivity contribution in [3.05, 3.63) is 23.0 Å². The third-order valence-corrected chi connectivity index (χ3v) is 7.51. The maximum atomic E-state index is 13.2. The second-order valence-electron chi connectivity index (χ2n) is 8.82. The number of urea groups is 1. The molecule has 4 rings (SSSR count). The number of carbonyl (C=O) groups excluding carboxylic acids is 3. The monoisotopic (exact) mass is 615 g/mol. The highest BCUT2D eigenvalue weighted by Crippen LogP contribution is 2.40. The van der Waals surface area contributed by atoms with Gasteiger partial charge >= 0.3 is 22.3 Å². The SMILES string of the molecule is NCCNC(=O)NCc1cnn(C[C@@H]2[C@H](NC(=O)C(=NOC3(C(=O)O)CC3)c3csc(N)n3)C(=O)N2S(=O)(=O)O)n1. The number of thiazole rings is 1. The molecular formula is C19H25N11O9S2. The van der Waals surface area contributed by atoms with Crippen LogP contribution in [0.3, 0.4) is 0 Å². The van der Waals surface area contributed by atoms with Gasteiger partial charge in [-0.15, -0.1) is 11.3 Å². The Kier molecular flexibility index (Phi) is 8.37. The zero-order valence-electron chi connectivity index (χ0n) is 21.0. The van der Waals surface area contributed by atoms with Gasteiger partial charge in [-0.25, -0.2) is 18.9 Å². The number of nitrogens with zero attached hydrogens (tertiary/aromatic N) is 6. The summed E-state index contributed by atoms with van der Waals surface area (Å²) in [4.78, 5) is 59.0. The van der Waals surface area contributed by atoms with Gasteiger partial charge < -0.3 is 37.4 Å². The van der Waals surface area contributed by atoms with Gasteiger partial charge in [-0.3, -0.25) is 14.1 Å². The summed E-state index contributed by atoms with van der Waals surface area (Å²) >= 11 is 0.953. The molecule has 1 aliphatic carbocycles. The van der Waals surface area contributed by atoms with Gasteiger partial charge in [0.15, 0.2) is 10.8 Å². The molecule has 1 saturated heterocycles. The molecule has 1 aliphatic heterocycles. The molecule has 0 bridgehead atoms. The van der Waals surface area contributed by atoms with Crippen LogP contribution in [0.1, 0.15) is 24.2 Å². The highest BCUT2D eigenvalue weighted by Gasteiger charge is 2.56. The molecule has 0 radical (unpaired) electrons. The largest absolute Gasteiger partial charge is 0.478 e. The summed E-state index contributed by atoms with van der Waals surface area (Å²) in [5.74, 6) is -3.51. The first-order chi connectivity index (χ1) is 19.3. The predicted octanol–water partition coefficient (Wildman–Crippen LogP) is -3.39. The highest BCUT2D eigenvalue weighted by molar-refractivity contribution is 7.84. The first-order valence-corrected chi connectivity index (χ1v) is 14.1. The average Bonchev–Trinajstić information content (AvgIpc) is 3.37. The molecule has 0 unspecified atom stereocenters. The van der Waals surface area contributed by atoms with Crippen molar-refractivity contribution in [2.24, 2.45) is 10.9 Å². The summed E-state index contributed by atoms with van der Waals surface area (Å²) in [6, 6.07) is -3.39. The Hall–Kier alpha value is -4.41. The first kappa shape index (κ1) is 29.6. The smallest absolute Gasteiger partial charge is 0.362 e. The Morgan fingerprint density at radius 2 is 2.02 bits per heavy atom. The fourth-order valence-electron chi connectivity index (χ4n) is 3.63. The zero-order valence-corrected chi connectivity index (χ0v) is 22.6. The maximum absolute atomic E-state index is 13.2. The molecule has 2 aromatic heterocycles. The second-order valence-corrected chi connectivity index (χ2v) is 11.0. The van der Waals surface area contributed by atoms with Crippen LogP contribution in [0.2, 0.25) is 0 Å². The topological polar surface area (TPSA) is 299 Å². The minimum Gasteiger partial charge on any atom is -0.478 e. The molecular weight excluding hydrogens is 590 g/mol. The number of hydrogen-bond donors (Lipinski definition) is 7. The van der Waals surface area contributed by atoms with Crippen molar-refractivity contribution < 1.29 is 42.1 Å². The summed E-state index contributed by atoms with van der Waals surface area (Å²) in [6.07, 6.45) is 1.58. The third kappa shape index (κ3) is 6.67. The molecule has 1 saturated carbocycles. The number of carbonyl (C=O) groups is 4. The molecule has 2 fully saturated rings. The van der Waals surface area contributed by atoms with Crippen molar-refractivity contribution >= 4 is 56.3 Å². The Morgan fingerprint density at radius 3 is 2.61 bits per heavy atom. The summed E-state index contributed by atoms with van der Waals surface area (Å²) in [6.45, 7) is 0.0514. The standard InChI is InChI=1S/C19H25N11O9S2/c20-3-4-22-18(35)23-5-9-6-24-29(27-9)7-11-13(15(32)30(11)41(36,37)38)26-14(31)12(10-8-40-17(21)25-10)28-39-19(1-2-19)16(33)34/h6,8,11,13H,1-5,7,20H2,(H2,21,25)(H,26,31)(H,33,34)(H2,22,23,35)(H,36,37,38)/t11-,13+/m1/s1. The molecule has 9 N–H and O–H groups in total. The van der Waals surface area contributed by atoms with E-state index >= 15 is 0 Å². The molecule has 222 valence electrons. The number of anilines is 1. The van der Waals surface area contributed by atoms with Crippen molar-refractivity contribution in [3.63, 3.8) is 0 Å². The van der Waals surface area contributed by atoms with Crippen LogP contribution < -0.4 is 27.4 Å². The van der Waals surface area contributed by atoms with Gasteiger partial charge in [0.05, 0.1) is 19.3 Å². The minimum atomic E-state index is -5.04. The number of aliphatic carboxylic acids is 1. The lowest BCUT2D eigenvalue weighted by Crippen LogP contribution is -2.73. The average molecular weight is 616 g/mol. The molecule has 2 aromatic rings. The second kappa shape index (κ2) is 11.6. The number of nitrogen functional groups attached to an aromatic ring is 1. The fourth-order valence-corrected chi connectivity index (χ4v) is 5.05. The van der Waals surface area contributed by atoms with Gasteiger partial charge in [0.1, 0.15) is 23.5 Å². The van der Waals surface area contributed by atoms with Crippen molar-refractivity contribution in [2.75, 3.05) is 18.8 Å². The lowest BCUT2D eigenvalue weighted by Gasteiger charge is -2.43. The Morgan fingerprint density at radius 1 is 1.29 bits per heavy atom. The van der Waals surface area contributed by atoms with E-state index in [0.717, 1.165) is 16.1 Å². The van der Waals surface area contributed by atoms with E-state index in [1.54, 1.807) is 0 Å². The number of hydrogen-bond acceptors (Lipinski definition) is 14. The van der Waals surface area contributed by atoms with E-state index in [1.165, 1.54) is 11.6 Å².